The zero-order valence-corrected chi connectivity index (χ0v) is 8.70. The predicted molar refractivity (Wildman–Crippen MR) is 57.5 cm³/mol. The van der Waals surface area contributed by atoms with Crippen LogP contribution < -0.4 is 5.32 Å². The molecule has 2 heteroatoms. The van der Waals surface area contributed by atoms with Crippen molar-refractivity contribution in [2.45, 2.75) is 19.8 Å². The topological polar surface area (TPSA) is 12.0 Å². The Bertz CT molecular complexity index is 206. The Hall–Kier alpha value is -0.210. The van der Waals surface area contributed by atoms with Crippen LogP contribution in [0, 0.1) is 5.92 Å². The first-order valence-electron chi connectivity index (χ1n) is 4.44. The molecule has 0 radical (unpaired) electrons. The van der Waals surface area contributed by atoms with Crippen molar-refractivity contribution >= 4 is 12.6 Å². The molecule has 0 fully saturated rings. The second kappa shape index (κ2) is 4.73. The first kappa shape index (κ1) is 9.87. The van der Waals surface area contributed by atoms with Gasteiger partial charge in [0.1, 0.15) is 0 Å². The molecule has 1 atom stereocenters. The quantitative estimate of drug-likeness (QED) is 0.640. The molecule has 1 aliphatic carbocycles. The highest BCUT2D eigenvalue weighted by Gasteiger charge is 2.19. The molecule has 0 unspecified atom stereocenters. The van der Waals surface area contributed by atoms with Crippen LogP contribution in [0.2, 0.25) is 0 Å². The summed E-state index contributed by atoms with van der Waals surface area (Å²) in [4.78, 5) is 0. The van der Waals surface area contributed by atoms with E-state index in [2.05, 4.69) is 30.9 Å². The Morgan fingerprint density at radius 1 is 1.67 bits per heavy atom. The summed E-state index contributed by atoms with van der Waals surface area (Å²) in [7, 11) is 2.01. The number of hydrogen-bond donors (Lipinski definition) is 2. The summed E-state index contributed by atoms with van der Waals surface area (Å²) in [5.74, 6) is 0.745. The third-order valence-corrected chi connectivity index (χ3v) is 2.76. The Morgan fingerprint density at radius 2 is 2.42 bits per heavy atom. The number of thiol groups is 1. The molecule has 0 heterocycles. The first-order chi connectivity index (χ1) is 5.79. The van der Waals surface area contributed by atoms with Gasteiger partial charge < -0.3 is 5.32 Å². The molecule has 0 spiro atoms. The standard InChI is InChI=1S/C10H17NS/c1-8-9(5-6-12)3-4-10(8)7-11-2/h5-6,10-12H,3-4,7H2,1-2H3/b6-5-/t10-/m1/s1. The van der Waals surface area contributed by atoms with Crippen LogP contribution in [0.1, 0.15) is 19.8 Å². The molecule has 1 aliphatic rings. The lowest BCUT2D eigenvalue weighted by Crippen LogP contribution is -2.17. The summed E-state index contributed by atoms with van der Waals surface area (Å²) in [5, 5.41) is 5.06. The number of rotatable bonds is 3. The smallest absolute Gasteiger partial charge is 0.00141 e. The molecule has 0 saturated heterocycles. The molecular formula is C10H17NS. The first-order valence-corrected chi connectivity index (χ1v) is 4.96. The zero-order valence-electron chi connectivity index (χ0n) is 7.80. The van der Waals surface area contributed by atoms with E-state index in [9.17, 15) is 0 Å². The van der Waals surface area contributed by atoms with Gasteiger partial charge in [-0.1, -0.05) is 11.6 Å². The maximum atomic E-state index is 4.09. The third kappa shape index (κ3) is 2.14. The minimum Gasteiger partial charge on any atom is -0.319 e. The van der Waals surface area contributed by atoms with Crippen LogP contribution in [0.5, 0.6) is 0 Å². The van der Waals surface area contributed by atoms with Crippen LogP contribution in [0.3, 0.4) is 0 Å². The van der Waals surface area contributed by atoms with Gasteiger partial charge in [-0.3, -0.25) is 0 Å². The van der Waals surface area contributed by atoms with E-state index in [-0.39, 0.29) is 0 Å². The van der Waals surface area contributed by atoms with Crippen molar-refractivity contribution in [2.24, 2.45) is 5.92 Å². The Morgan fingerprint density at radius 3 is 3.00 bits per heavy atom. The number of hydrogen-bond acceptors (Lipinski definition) is 2. The largest absolute Gasteiger partial charge is 0.319 e. The second-order valence-corrected chi connectivity index (χ2v) is 3.62. The van der Waals surface area contributed by atoms with Crippen molar-refractivity contribution < 1.29 is 0 Å². The highest BCUT2D eigenvalue weighted by atomic mass is 32.1. The van der Waals surface area contributed by atoms with Gasteiger partial charge in [-0.25, -0.2) is 0 Å². The van der Waals surface area contributed by atoms with Gasteiger partial charge in [0.2, 0.25) is 0 Å². The molecule has 1 nitrogen and oxygen atoms in total. The predicted octanol–water partition coefficient (Wildman–Crippen LogP) is 2.38. The summed E-state index contributed by atoms with van der Waals surface area (Å²) in [6, 6.07) is 0. The van der Waals surface area contributed by atoms with E-state index in [0.29, 0.717) is 0 Å². The van der Waals surface area contributed by atoms with Gasteiger partial charge in [0.25, 0.3) is 0 Å². The van der Waals surface area contributed by atoms with Crippen LogP contribution in [0.25, 0.3) is 0 Å². The lowest BCUT2D eigenvalue weighted by molar-refractivity contribution is 0.563. The molecule has 0 aromatic heterocycles. The van der Waals surface area contributed by atoms with Crippen LogP contribution in [-0.4, -0.2) is 13.6 Å². The van der Waals surface area contributed by atoms with E-state index in [0.717, 1.165) is 12.5 Å². The Kier molecular flexibility index (Phi) is 3.89. The molecule has 68 valence electrons. The lowest BCUT2D eigenvalue weighted by atomic mass is 10.0. The highest BCUT2D eigenvalue weighted by Crippen LogP contribution is 2.31. The minimum absolute atomic E-state index is 0.745. The fraction of sp³-hybridized carbons (Fsp3) is 0.600. The van der Waals surface area contributed by atoms with E-state index in [1.165, 1.54) is 24.0 Å². The molecule has 0 bridgehead atoms. The average Bonchev–Trinajstić information content (AvgIpc) is 2.38. The van der Waals surface area contributed by atoms with Crippen LogP contribution in [-0.2, 0) is 0 Å². The van der Waals surface area contributed by atoms with Gasteiger partial charge >= 0.3 is 0 Å². The summed E-state index contributed by atoms with van der Waals surface area (Å²) in [6.45, 7) is 3.34. The highest BCUT2D eigenvalue weighted by molar-refractivity contribution is 7.83. The van der Waals surface area contributed by atoms with Gasteiger partial charge in [0.05, 0.1) is 0 Å². The molecular weight excluding hydrogens is 166 g/mol. The molecule has 1 rings (SSSR count). The average molecular weight is 183 g/mol. The number of allylic oxidation sites excluding steroid dienone is 2. The van der Waals surface area contributed by atoms with Gasteiger partial charge in [-0.05, 0) is 43.7 Å². The Labute approximate surface area is 80.3 Å². The molecule has 0 aromatic rings. The van der Waals surface area contributed by atoms with Crippen LogP contribution in [0.4, 0.5) is 0 Å². The van der Waals surface area contributed by atoms with Gasteiger partial charge in [0, 0.05) is 6.54 Å². The molecule has 12 heavy (non-hydrogen) atoms. The van der Waals surface area contributed by atoms with Crippen molar-refractivity contribution in [3.63, 3.8) is 0 Å². The lowest BCUT2D eigenvalue weighted by Gasteiger charge is -2.09. The van der Waals surface area contributed by atoms with Crippen molar-refractivity contribution in [3.8, 4) is 0 Å². The van der Waals surface area contributed by atoms with Crippen molar-refractivity contribution in [1.29, 1.82) is 0 Å². The summed E-state index contributed by atoms with van der Waals surface area (Å²) >= 11 is 4.09. The SMILES string of the molecule is CNC[C@H]1CCC(/C=C\S)=C1C. The van der Waals surface area contributed by atoms with E-state index in [4.69, 9.17) is 0 Å². The summed E-state index contributed by atoms with van der Waals surface area (Å²) < 4.78 is 0. The maximum absolute atomic E-state index is 4.09. The monoisotopic (exact) mass is 183 g/mol. The minimum atomic E-state index is 0.745. The Balaban J connectivity index is 2.63. The summed E-state index contributed by atoms with van der Waals surface area (Å²) in [5.41, 5.74) is 3.01. The molecule has 1 N–H and O–H groups in total. The zero-order chi connectivity index (χ0) is 8.97. The van der Waals surface area contributed by atoms with Crippen molar-refractivity contribution in [1.82, 2.24) is 5.32 Å². The van der Waals surface area contributed by atoms with E-state index in [1.807, 2.05) is 12.5 Å². The van der Waals surface area contributed by atoms with Crippen LogP contribution >= 0.6 is 12.6 Å². The molecule has 0 saturated carbocycles. The van der Waals surface area contributed by atoms with E-state index < -0.39 is 0 Å². The van der Waals surface area contributed by atoms with Crippen molar-refractivity contribution in [2.75, 3.05) is 13.6 Å². The fourth-order valence-corrected chi connectivity index (χ4v) is 1.99. The normalized spacial score (nSPS) is 24.4. The molecule has 0 aromatic carbocycles. The number of nitrogens with one attached hydrogen (secondary N) is 1. The molecule has 0 amide bonds. The molecule has 0 aliphatic heterocycles. The van der Waals surface area contributed by atoms with Gasteiger partial charge in [-0.2, -0.15) is 12.6 Å². The third-order valence-electron chi connectivity index (χ3n) is 2.61. The van der Waals surface area contributed by atoms with Gasteiger partial charge in [-0.15, -0.1) is 0 Å². The summed E-state index contributed by atoms with van der Waals surface area (Å²) in [6.07, 6.45) is 4.63. The van der Waals surface area contributed by atoms with E-state index in [1.54, 1.807) is 0 Å². The van der Waals surface area contributed by atoms with Gasteiger partial charge in [0.15, 0.2) is 0 Å². The van der Waals surface area contributed by atoms with E-state index >= 15 is 0 Å². The van der Waals surface area contributed by atoms with Crippen LogP contribution in [0.15, 0.2) is 22.6 Å². The fourth-order valence-electron chi connectivity index (χ4n) is 1.81. The second-order valence-electron chi connectivity index (χ2n) is 3.32. The maximum Gasteiger partial charge on any atom is 0.00141 e. The van der Waals surface area contributed by atoms with Crippen molar-refractivity contribution in [3.05, 3.63) is 22.6 Å².